The average molecular weight is 205 g/mol. The standard InChI is InChI=1S/C9H19NO4/c1-10(5-7-12)4-3-9(13)14-8-2-6-11/h11-12H,2-8H2,1H3. The maximum absolute atomic E-state index is 11.0. The first-order valence-corrected chi connectivity index (χ1v) is 4.76. The van der Waals surface area contributed by atoms with Crippen LogP contribution in [0.15, 0.2) is 0 Å². The van der Waals surface area contributed by atoms with Crippen LogP contribution in [-0.2, 0) is 9.53 Å². The minimum absolute atomic E-state index is 0.0394. The number of hydrogen-bond acceptors (Lipinski definition) is 5. The zero-order valence-corrected chi connectivity index (χ0v) is 8.61. The summed E-state index contributed by atoms with van der Waals surface area (Å²) < 4.78 is 4.82. The Kier molecular flexibility index (Phi) is 8.51. The van der Waals surface area contributed by atoms with E-state index in [4.69, 9.17) is 14.9 Å². The van der Waals surface area contributed by atoms with Crippen LogP contribution in [0.1, 0.15) is 12.8 Å². The number of esters is 1. The van der Waals surface area contributed by atoms with Gasteiger partial charge in [0.05, 0.1) is 19.6 Å². The van der Waals surface area contributed by atoms with Crippen molar-refractivity contribution in [1.82, 2.24) is 4.90 Å². The van der Waals surface area contributed by atoms with Crippen LogP contribution in [0.3, 0.4) is 0 Å². The molecule has 0 aromatic heterocycles. The molecule has 0 aromatic rings. The third-order valence-electron chi connectivity index (χ3n) is 1.74. The molecule has 0 aromatic carbocycles. The van der Waals surface area contributed by atoms with Crippen molar-refractivity contribution in [2.24, 2.45) is 0 Å². The van der Waals surface area contributed by atoms with Gasteiger partial charge in [0.25, 0.3) is 0 Å². The van der Waals surface area contributed by atoms with Gasteiger partial charge in [-0.25, -0.2) is 0 Å². The molecular formula is C9H19NO4. The molecule has 0 aliphatic carbocycles. The molecule has 5 nitrogen and oxygen atoms in total. The van der Waals surface area contributed by atoms with Gasteiger partial charge in [-0.05, 0) is 7.05 Å². The number of aliphatic hydroxyl groups excluding tert-OH is 2. The van der Waals surface area contributed by atoms with Crippen molar-refractivity contribution < 1.29 is 19.7 Å². The summed E-state index contributed by atoms with van der Waals surface area (Å²) in [5.74, 6) is -0.261. The number of ether oxygens (including phenoxy) is 1. The number of carbonyl (C=O) groups is 1. The third-order valence-corrected chi connectivity index (χ3v) is 1.74. The normalized spacial score (nSPS) is 10.6. The van der Waals surface area contributed by atoms with Gasteiger partial charge in [-0.3, -0.25) is 4.79 Å². The maximum atomic E-state index is 11.0. The van der Waals surface area contributed by atoms with E-state index in [1.807, 2.05) is 11.9 Å². The molecule has 0 radical (unpaired) electrons. The van der Waals surface area contributed by atoms with E-state index in [-0.39, 0.29) is 25.8 Å². The second kappa shape index (κ2) is 8.93. The fourth-order valence-electron chi connectivity index (χ4n) is 0.887. The summed E-state index contributed by atoms with van der Waals surface area (Å²) in [6, 6.07) is 0. The van der Waals surface area contributed by atoms with Gasteiger partial charge < -0.3 is 19.8 Å². The Balaban J connectivity index is 3.34. The highest BCUT2D eigenvalue weighted by atomic mass is 16.5. The molecule has 0 unspecified atom stereocenters. The second-order valence-corrected chi connectivity index (χ2v) is 3.07. The van der Waals surface area contributed by atoms with Crippen LogP contribution < -0.4 is 0 Å². The van der Waals surface area contributed by atoms with Crippen LogP contribution in [0.4, 0.5) is 0 Å². The first kappa shape index (κ1) is 13.4. The number of nitrogens with zero attached hydrogens (tertiary/aromatic N) is 1. The van der Waals surface area contributed by atoms with E-state index in [9.17, 15) is 4.79 Å². The lowest BCUT2D eigenvalue weighted by Gasteiger charge is -2.13. The van der Waals surface area contributed by atoms with E-state index in [1.165, 1.54) is 0 Å². The summed E-state index contributed by atoms with van der Waals surface area (Å²) in [6.45, 7) is 1.55. The van der Waals surface area contributed by atoms with Crippen molar-refractivity contribution >= 4 is 5.97 Å². The van der Waals surface area contributed by atoms with Crippen LogP contribution in [0.2, 0.25) is 0 Å². The number of rotatable bonds is 8. The molecule has 0 saturated carbocycles. The fourth-order valence-corrected chi connectivity index (χ4v) is 0.887. The first-order valence-electron chi connectivity index (χ1n) is 4.76. The van der Waals surface area contributed by atoms with E-state index in [2.05, 4.69) is 0 Å². The van der Waals surface area contributed by atoms with Crippen molar-refractivity contribution in [2.45, 2.75) is 12.8 Å². The van der Waals surface area contributed by atoms with Crippen molar-refractivity contribution in [3.63, 3.8) is 0 Å². The zero-order valence-electron chi connectivity index (χ0n) is 8.61. The first-order chi connectivity index (χ1) is 6.70. The SMILES string of the molecule is CN(CCO)CCC(=O)OCCCO. The largest absolute Gasteiger partial charge is 0.466 e. The Morgan fingerprint density at radius 1 is 1.29 bits per heavy atom. The van der Waals surface area contributed by atoms with Gasteiger partial charge in [-0.15, -0.1) is 0 Å². The summed E-state index contributed by atoms with van der Waals surface area (Å²) in [5.41, 5.74) is 0. The van der Waals surface area contributed by atoms with Crippen LogP contribution in [0.5, 0.6) is 0 Å². The van der Waals surface area contributed by atoms with E-state index >= 15 is 0 Å². The zero-order chi connectivity index (χ0) is 10.8. The average Bonchev–Trinajstić information content (AvgIpc) is 2.16. The molecule has 84 valence electrons. The predicted molar refractivity (Wildman–Crippen MR) is 51.9 cm³/mol. The Bertz CT molecular complexity index is 152. The molecule has 0 fully saturated rings. The van der Waals surface area contributed by atoms with Crippen molar-refractivity contribution in [3.8, 4) is 0 Å². The minimum atomic E-state index is -0.261. The predicted octanol–water partition coefficient (Wildman–Crippen LogP) is -0.774. The monoisotopic (exact) mass is 205 g/mol. The molecule has 0 rings (SSSR count). The van der Waals surface area contributed by atoms with E-state index in [1.54, 1.807) is 0 Å². The van der Waals surface area contributed by atoms with Crippen LogP contribution in [0, 0.1) is 0 Å². The number of hydrogen-bond donors (Lipinski definition) is 2. The van der Waals surface area contributed by atoms with E-state index in [0.717, 1.165) is 0 Å². The van der Waals surface area contributed by atoms with Gasteiger partial charge in [0.15, 0.2) is 0 Å². The molecule has 0 saturated heterocycles. The highest BCUT2D eigenvalue weighted by Crippen LogP contribution is 1.91. The molecule has 0 aliphatic rings. The summed E-state index contributed by atoms with van der Waals surface area (Å²) in [4.78, 5) is 12.9. The number of likely N-dealkylation sites (N-methyl/N-ethyl adjacent to an activating group) is 1. The lowest BCUT2D eigenvalue weighted by molar-refractivity contribution is -0.144. The Labute approximate surface area is 84.3 Å². The lowest BCUT2D eigenvalue weighted by atomic mass is 10.4. The topological polar surface area (TPSA) is 70.0 Å². The molecular weight excluding hydrogens is 186 g/mol. The van der Waals surface area contributed by atoms with E-state index < -0.39 is 0 Å². The molecule has 0 atom stereocenters. The molecule has 0 spiro atoms. The molecule has 2 N–H and O–H groups in total. The highest BCUT2D eigenvalue weighted by Gasteiger charge is 2.04. The fraction of sp³-hybridized carbons (Fsp3) is 0.889. The Morgan fingerprint density at radius 3 is 2.57 bits per heavy atom. The summed E-state index contributed by atoms with van der Waals surface area (Å²) in [6.07, 6.45) is 0.806. The van der Waals surface area contributed by atoms with E-state index in [0.29, 0.717) is 25.9 Å². The summed E-state index contributed by atoms with van der Waals surface area (Å²) >= 11 is 0. The van der Waals surface area contributed by atoms with Gasteiger partial charge in [-0.1, -0.05) is 0 Å². The lowest BCUT2D eigenvalue weighted by Crippen LogP contribution is -2.25. The summed E-state index contributed by atoms with van der Waals surface area (Å²) in [7, 11) is 1.83. The van der Waals surface area contributed by atoms with Crippen molar-refractivity contribution in [3.05, 3.63) is 0 Å². The van der Waals surface area contributed by atoms with Gasteiger partial charge >= 0.3 is 5.97 Å². The van der Waals surface area contributed by atoms with Crippen molar-refractivity contribution in [2.75, 3.05) is 40.0 Å². The van der Waals surface area contributed by atoms with Gasteiger partial charge in [0.1, 0.15) is 0 Å². The van der Waals surface area contributed by atoms with Crippen LogP contribution >= 0.6 is 0 Å². The highest BCUT2D eigenvalue weighted by molar-refractivity contribution is 5.69. The Morgan fingerprint density at radius 2 is 2.00 bits per heavy atom. The number of carbonyl (C=O) groups excluding carboxylic acids is 1. The molecule has 5 heteroatoms. The molecule has 0 heterocycles. The molecule has 0 aliphatic heterocycles. The summed E-state index contributed by atoms with van der Waals surface area (Å²) in [5, 5.41) is 17.0. The minimum Gasteiger partial charge on any atom is -0.466 e. The third kappa shape index (κ3) is 7.97. The number of aliphatic hydroxyl groups is 2. The molecule has 0 bridgehead atoms. The van der Waals surface area contributed by atoms with Gasteiger partial charge in [-0.2, -0.15) is 0 Å². The van der Waals surface area contributed by atoms with Crippen molar-refractivity contribution in [1.29, 1.82) is 0 Å². The van der Waals surface area contributed by atoms with Crippen LogP contribution in [-0.4, -0.2) is 61.0 Å². The molecule has 14 heavy (non-hydrogen) atoms. The van der Waals surface area contributed by atoms with Crippen LogP contribution in [0.25, 0.3) is 0 Å². The Hall–Kier alpha value is -0.650. The second-order valence-electron chi connectivity index (χ2n) is 3.07. The quantitative estimate of drug-likeness (QED) is 0.402. The van der Waals surface area contributed by atoms with Gasteiger partial charge in [0.2, 0.25) is 0 Å². The molecule has 0 amide bonds. The van der Waals surface area contributed by atoms with Gasteiger partial charge in [0, 0.05) is 26.1 Å². The smallest absolute Gasteiger partial charge is 0.307 e. The maximum Gasteiger partial charge on any atom is 0.307 e.